The summed E-state index contributed by atoms with van der Waals surface area (Å²) in [6.07, 6.45) is 0.500. The molecule has 3 rings (SSSR count). The number of rotatable bonds is 4. The molecule has 0 saturated carbocycles. The highest BCUT2D eigenvalue weighted by Crippen LogP contribution is 2.17. The van der Waals surface area contributed by atoms with Crippen LogP contribution < -0.4 is 0 Å². The number of nitrogens with zero attached hydrogens (tertiary/aromatic N) is 1. The van der Waals surface area contributed by atoms with Gasteiger partial charge in [0, 0.05) is 0 Å². The van der Waals surface area contributed by atoms with Crippen LogP contribution in [0.25, 0.3) is 5.41 Å². The van der Waals surface area contributed by atoms with Crippen molar-refractivity contribution in [2.45, 2.75) is 13.2 Å². The molecule has 0 aromatic heterocycles. The van der Waals surface area contributed by atoms with Crippen LogP contribution in [0.3, 0.4) is 0 Å². The van der Waals surface area contributed by atoms with E-state index < -0.39 is 0 Å². The fraction of sp³-hybridized carbons (Fsp3) is 0.133. The molecule has 0 saturated heterocycles. The molecule has 0 radical (unpaired) electrons. The molecule has 90 valence electrons. The Morgan fingerprint density at radius 2 is 1.78 bits per heavy atom. The lowest BCUT2D eigenvalue weighted by molar-refractivity contribution is 0.106. The summed E-state index contributed by atoms with van der Waals surface area (Å²) >= 11 is 0. The Morgan fingerprint density at radius 3 is 2.28 bits per heavy atom. The van der Waals surface area contributed by atoms with Gasteiger partial charge in [-0.15, -0.1) is 0 Å². The van der Waals surface area contributed by atoms with Crippen molar-refractivity contribution in [2.75, 3.05) is 0 Å². The van der Waals surface area contributed by atoms with Gasteiger partial charge in [0.15, 0.2) is 0 Å². The quantitative estimate of drug-likeness (QED) is 0.518. The van der Waals surface area contributed by atoms with Gasteiger partial charge < -0.3 is 10.1 Å². The second-order valence-corrected chi connectivity index (χ2v) is 3.94. The SMILES string of the molecule is [N-]=C=O.c1ccc(COCc2cc3ccc2=3)cc1. The molecular formula is C15H12NO2-. The average Bonchev–Trinajstić information content (AvgIpc) is 2.37. The van der Waals surface area contributed by atoms with Gasteiger partial charge in [-0.2, -0.15) is 0 Å². The van der Waals surface area contributed by atoms with Crippen LogP contribution in [-0.2, 0) is 22.7 Å². The minimum Gasteiger partial charge on any atom is -0.724 e. The van der Waals surface area contributed by atoms with Gasteiger partial charge >= 0.3 is 0 Å². The lowest BCUT2D eigenvalue weighted by Gasteiger charge is -2.11. The Bertz CT molecular complexity index is 644. The Morgan fingerprint density at radius 1 is 1.06 bits per heavy atom. The fourth-order valence-electron chi connectivity index (χ4n) is 1.84. The monoisotopic (exact) mass is 238 g/mol. The first-order valence-corrected chi connectivity index (χ1v) is 5.61. The normalized spacial score (nSPS) is 10.0. The summed E-state index contributed by atoms with van der Waals surface area (Å²) in [4.78, 5) is 8.24. The molecule has 0 unspecified atom stereocenters. The van der Waals surface area contributed by atoms with E-state index in [-0.39, 0.29) is 0 Å². The summed E-state index contributed by atoms with van der Waals surface area (Å²) in [7, 11) is 0. The summed E-state index contributed by atoms with van der Waals surface area (Å²) in [5.74, 6) is 0. The van der Waals surface area contributed by atoms with Crippen LogP contribution in [-0.4, -0.2) is 6.08 Å². The second kappa shape index (κ2) is 5.92. The minimum atomic E-state index is 0.500. The lowest BCUT2D eigenvalue weighted by atomic mass is 10.00. The molecule has 0 spiro atoms. The summed E-state index contributed by atoms with van der Waals surface area (Å²) in [6.45, 7) is 1.43. The molecule has 3 heteroatoms. The molecular weight excluding hydrogens is 226 g/mol. The van der Waals surface area contributed by atoms with Crippen molar-refractivity contribution in [1.82, 2.24) is 0 Å². The van der Waals surface area contributed by atoms with E-state index in [9.17, 15) is 0 Å². The maximum atomic E-state index is 8.24. The van der Waals surface area contributed by atoms with Gasteiger partial charge in [0.25, 0.3) is 0 Å². The van der Waals surface area contributed by atoms with Crippen LogP contribution in [0.15, 0.2) is 48.5 Å². The van der Waals surface area contributed by atoms with Crippen molar-refractivity contribution in [3.63, 3.8) is 0 Å². The van der Waals surface area contributed by atoms with Crippen molar-refractivity contribution in [3.8, 4) is 0 Å². The maximum Gasteiger partial charge on any atom is 0.0727 e. The van der Waals surface area contributed by atoms with Gasteiger partial charge in [0.2, 0.25) is 0 Å². The molecule has 18 heavy (non-hydrogen) atoms. The molecule has 0 aliphatic heterocycles. The number of benzene rings is 2. The Balaban J connectivity index is 0.000000367. The van der Waals surface area contributed by atoms with Gasteiger partial charge in [-0.1, -0.05) is 42.5 Å². The molecule has 1 aromatic rings. The maximum absolute atomic E-state index is 8.24. The van der Waals surface area contributed by atoms with E-state index >= 15 is 0 Å². The van der Waals surface area contributed by atoms with Crippen LogP contribution in [0.1, 0.15) is 11.1 Å². The molecule has 0 atom stereocenters. The highest BCUT2D eigenvalue weighted by molar-refractivity contribution is 5.36. The number of carbonyl (C=O) groups excluding carboxylic acids is 1. The van der Waals surface area contributed by atoms with E-state index in [0.29, 0.717) is 12.7 Å². The Kier molecular flexibility index (Phi) is 4.02. The Labute approximate surface area is 105 Å². The van der Waals surface area contributed by atoms with E-state index in [1.807, 2.05) is 18.2 Å². The van der Waals surface area contributed by atoms with Crippen LogP contribution >= 0.6 is 0 Å². The number of isocyanates is 1. The van der Waals surface area contributed by atoms with Crippen LogP contribution in [0.5, 0.6) is 0 Å². The standard InChI is InChI=1S/C14H12O.CNO/c1-2-4-11(5-3-1)9-15-10-13-8-12-6-7-14(12)13;2-1-3/h1-8H,9-10H2;/q;-1. The predicted octanol–water partition coefficient (Wildman–Crippen LogP) is 2.90. The second-order valence-electron chi connectivity index (χ2n) is 3.94. The lowest BCUT2D eigenvalue weighted by Crippen LogP contribution is -2.00. The highest BCUT2D eigenvalue weighted by Gasteiger charge is 2.05. The van der Waals surface area contributed by atoms with E-state index in [4.69, 9.17) is 14.9 Å². The largest absolute Gasteiger partial charge is 0.724 e. The average molecular weight is 238 g/mol. The van der Waals surface area contributed by atoms with Crippen molar-refractivity contribution >= 4 is 6.08 Å². The predicted molar refractivity (Wildman–Crippen MR) is 68.1 cm³/mol. The Hall–Kier alpha value is -2.22. The summed E-state index contributed by atoms with van der Waals surface area (Å²) in [5.41, 5.74) is 2.57. The molecule has 3 nitrogen and oxygen atoms in total. The minimum absolute atomic E-state index is 0.500. The zero-order valence-corrected chi connectivity index (χ0v) is 9.80. The van der Waals surface area contributed by atoms with Gasteiger partial charge in [-0.05, 0) is 33.7 Å². The molecule has 0 N–H and O–H groups in total. The first-order valence-electron chi connectivity index (χ1n) is 5.61. The van der Waals surface area contributed by atoms with Crippen molar-refractivity contribution < 1.29 is 9.53 Å². The third kappa shape index (κ3) is 2.72. The first kappa shape index (κ1) is 12.2. The number of hydrogen-bond acceptors (Lipinski definition) is 2. The number of ether oxygens (including phenoxy) is 1. The molecule has 0 heterocycles. The number of hydrogen-bond donors (Lipinski definition) is 0. The van der Waals surface area contributed by atoms with Gasteiger partial charge in [0.1, 0.15) is 0 Å². The fourth-order valence-corrected chi connectivity index (χ4v) is 1.84. The summed E-state index contributed by atoms with van der Waals surface area (Å²) in [6, 6.07) is 16.8. The van der Waals surface area contributed by atoms with Crippen molar-refractivity contribution in [1.29, 1.82) is 0 Å². The van der Waals surface area contributed by atoms with E-state index in [1.165, 1.54) is 21.6 Å². The van der Waals surface area contributed by atoms with Crippen LogP contribution in [0.4, 0.5) is 0 Å². The summed E-state index contributed by atoms with van der Waals surface area (Å²) in [5, 5.41) is 9.54. The topological polar surface area (TPSA) is 48.6 Å². The van der Waals surface area contributed by atoms with Gasteiger partial charge in [-0.25, -0.2) is 0 Å². The van der Waals surface area contributed by atoms with E-state index in [0.717, 1.165) is 6.61 Å². The molecule has 2 aliphatic carbocycles. The van der Waals surface area contributed by atoms with Crippen LogP contribution in [0, 0.1) is 10.4 Å². The molecule has 2 aliphatic rings. The smallest absolute Gasteiger partial charge is 0.0727 e. The summed E-state index contributed by atoms with van der Waals surface area (Å²) < 4.78 is 5.64. The molecule has 1 aromatic carbocycles. The van der Waals surface area contributed by atoms with Crippen molar-refractivity contribution in [2.24, 2.45) is 0 Å². The van der Waals surface area contributed by atoms with Gasteiger partial charge in [0.05, 0.1) is 13.2 Å². The van der Waals surface area contributed by atoms with E-state index in [1.54, 1.807) is 0 Å². The van der Waals surface area contributed by atoms with Crippen molar-refractivity contribution in [3.05, 3.63) is 75.5 Å². The molecule has 0 amide bonds. The molecule has 0 bridgehead atoms. The van der Waals surface area contributed by atoms with Gasteiger partial charge in [-0.3, -0.25) is 4.79 Å². The zero-order chi connectivity index (χ0) is 12.8. The highest BCUT2D eigenvalue weighted by atomic mass is 16.5. The third-order valence-electron chi connectivity index (χ3n) is 2.79. The first-order chi connectivity index (χ1) is 8.85. The molecule has 0 fully saturated rings. The third-order valence-corrected chi connectivity index (χ3v) is 2.79. The zero-order valence-electron chi connectivity index (χ0n) is 9.80. The van der Waals surface area contributed by atoms with Crippen LogP contribution in [0.2, 0.25) is 0 Å². The van der Waals surface area contributed by atoms with E-state index in [2.05, 4.69) is 30.3 Å².